The lowest BCUT2D eigenvalue weighted by Crippen LogP contribution is -2.44. The van der Waals surface area contributed by atoms with Crippen LogP contribution in [0.1, 0.15) is 24.2 Å². The summed E-state index contributed by atoms with van der Waals surface area (Å²) < 4.78 is 5.44. The molecule has 19 heavy (non-hydrogen) atoms. The van der Waals surface area contributed by atoms with Gasteiger partial charge in [0, 0.05) is 25.8 Å². The maximum absolute atomic E-state index is 12.5. The molecule has 0 saturated carbocycles. The van der Waals surface area contributed by atoms with E-state index in [1.165, 1.54) is 6.20 Å². The molecule has 1 N–H and O–H groups in total. The summed E-state index contributed by atoms with van der Waals surface area (Å²) in [6.45, 7) is 6.43. The third-order valence-electron chi connectivity index (χ3n) is 2.97. The Labute approximate surface area is 117 Å². The van der Waals surface area contributed by atoms with Crippen molar-refractivity contribution in [3.8, 4) is 0 Å². The molecular formula is C13H18ClN3O2. The van der Waals surface area contributed by atoms with E-state index in [9.17, 15) is 4.79 Å². The van der Waals surface area contributed by atoms with E-state index in [0.29, 0.717) is 36.1 Å². The molecule has 2 heterocycles. The van der Waals surface area contributed by atoms with Crippen LogP contribution in [0.2, 0.25) is 5.02 Å². The van der Waals surface area contributed by atoms with Crippen LogP contribution < -0.4 is 5.32 Å². The van der Waals surface area contributed by atoms with Gasteiger partial charge in [-0.2, -0.15) is 0 Å². The van der Waals surface area contributed by atoms with Crippen LogP contribution in [0.3, 0.4) is 0 Å². The predicted octanol–water partition coefficient (Wildman–Crippen LogP) is 2.03. The van der Waals surface area contributed by atoms with Crippen LogP contribution in [0.4, 0.5) is 5.82 Å². The van der Waals surface area contributed by atoms with Gasteiger partial charge in [0.1, 0.15) is 5.82 Å². The second kappa shape index (κ2) is 6.21. The number of morpholine rings is 1. The van der Waals surface area contributed by atoms with E-state index in [0.717, 1.165) is 6.54 Å². The molecule has 104 valence electrons. The summed E-state index contributed by atoms with van der Waals surface area (Å²) in [6.07, 6.45) is 1.57. The van der Waals surface area contributed by atoms with E-state index < -0.39 is 0 Å². The SMILES string of the molecule is CCNc1cc(C(=O)N2CCOC(C)C2)c(Cl)cn1. The molecule has 0 aromatic carbocycles. The number of hydrogen-bond donors (Lipinski definition) is 1. The zero-order chi connectivity index (χ0) is 13.8. The Morgan fingerprint density at radius 1 is 1.68 bits per heavy atom. The molecule has 1 aromatic heterocycles. The van der Waals surface area contributed by atoms with Crippen LogP contribution in [-0.4, -0.2) is 48.1 Å². The number of aromatic nitrogens is 1. The van der Waals surface area contributed by atoms with Crippen molar-refractivity contribution < 1.29 is 9.53 Å². The van der Waals surface area contributed by atoms with Gasteiger partial charge >= 0.3 is 0 Å². The number of rotatable bonds is 3. The molecule has 1 saturated heterocycles. The monoisotopic (exact) mass is 283 g/mol. The molecule has 1 aliphatic heterocycles. The van der Waals surface area contributed by atoms with Crippen LogP contribution in [-0.2, 0) is 4.74 Å². The average molecular weight is 284 g/mol. The Morgan fingerprint density at radius 2 is 2.47 bits per heavy atom. The van der Waals surface area contributed by atoms with Gasteiger partial charge in [-0.05, 0) is 19.9 Å². The summed E-state index contributed by atoms with van der Waals surface area (Å²) in [5, 5.41) is 3.46. The van der Waals surface area contributed by atoms with Crippen LogP contribution in [0.15, 0.2) is 12.3 Å². The van der Waals surface area contributed by atoms with Gasteiger partial charge in [0.25, 0.3) is 5.91 Å². The molecule has 0 bridgehead atoms. The summed E-state index contributed by atoms with van der Waals surface area (Å²) in [5.74, 6) is 0.596. The highest BCUT2D eigenvalue weighted by molar-refractivity contribution is 6.33. The molecule has 1 atom stereocenters. The fraction of sp³-hybridized carbons (Fsp3) is 0.538. The number of nitrogens with one attached hydrogen (secondary N) is 1. The lowest BCUT2D eigenvalue weighted by molar-refractivity contribution is -0.0124. The lowest BCUT2D eigenvalue weighted by Gasteiger charge is -2.31. The fourth-order valence-electron chi connectivity index (χ4n) is 2.05. The Kier molecular flexibility index (Phi) is 4.61. The number of nitrogens with zero attached hydrogens (tertiary/aromatic N) is 2. The van der Waals surface area contributed by atoms with E-state index >= 15 is 0 Å². The van der Waals surface area contributed by atoms with Gasteiger partial charge in [0.15, 0.2) is 0 Å². The Balaban J connectivity index is 2.19. The molecule has 2 rings (SSSR count). The zero-order valence-corrected chi connectivity index (χ0v) is 11.9. The minimum atomic E-state index is -0.0679. The first-order valence-corrected chi connectivity index (χ1v) is 6.80. The van der Waals surface area contributed by atoms with Crippen LogP contribution in [0, 0.1) is 0 Å². The predicted molar refractivity (Wildman–Crippen MR) is 74.7 cm³/mol. The van der Waals surface area contributed by atoms with E-state index in [4.69, 9.17) is 16.3 Å². The second-order valence-electron chi connectivity index (χ2n) is 4.51. The number of amides is 1. The third-order valence-corrected chi connectivity index (χ3v) is 3.27. The second-order valence-corrected chi connectivity index (χ2v) is 4.92. The van der Waals surface area contributed by atoms with E-state index in [2.05, 4.69) is 10.3 Å². The lowest BCUT2D eigenvalue weighted by atomic mass is 10.2. The van der Waals surface area contributed by atoms with Crippen LogP contribution in [0.25, 0.3) is 0 Å². The smallest absolute Gasteiger partial charge is 0.255 e. The Morgan fingerprint density at radius 3 is 3.16 bits per heavy atom. The van der Waals surface area contributed by atoms with E-state index in [1.807, 2.05) is 13.8 Å². The van der Waals surface area contributed by atoms with Crippen molar-refractivity contribution in [1.29, 1.82) is 0 Å². The first-order valence-electron chi connectivity index (χ1n) is 6.42. The van der Waals surface area contributed by atoms with Gasteiger partial charge in [-0.25, -0.2) is 4.98 Å². The molecule has 1 unspecified atom stereocenters. The molecule has 0 spiro atoms. The summed E-state index contributed by atoms with van der Waals surface area (Å²) >= 11 is 6.08. The molecule has 6 heteroatoms. The highest BCUT2D eigenvalue weighted by Gasteiger charge is 2.24. The minimum absolute atomic E-state index is 0.0616. The Bertz CT molecular complexity index is 467. The van der Waals surface area contributed by atoms with Crippen molar-refractivity contribution in [3.63, 3.8) is 0 Å². The van der Waals surface area contributed by atoms with Crippen molar-refractivity contribution in [3.05, 3.63) is 22.8 Å². The topological polar surface area (TPSA) is 54.5 Å². The number of anilines is 1. The van der Waals surface area contributed by atoms with Gasteiger partial charge in [0.2, 0.25) is 0 Å². The standard InChI is InChI=1S/C13H18ClN3O2/c1-3-15-12-6-10(11(14)7-16-12)13(18)17-4-5-19-9(2)8-17/h6-7,9H,3-5,8H2,1-2H3,(H,15,16). The molecule has 1 fully saturated rings. The number of carbonyl (C=O) groups is 1. The normalized spacial score (nSPS) is 19.3. The first-order chi connectivity index (χ1) is 9.11. The molecule has 0 aliphatic carbocycles. The maximum atomic E-state index is 12.5. The van der Waals surface area contributed by atoms with E-state index in [-0.39, 0.29) is 12.0 Å². The summed E-state index contributed by atoms with van der Waals surface area (Å²) in [5.41, 5.74) is 0.488. The number of halogens is 1. The number of hydrogen-bond acceptors (Lipinski definition) is 4. The number of carbonyl (C=O) groups excluding carboxylic acids is 1. The van der Waals surface area contributed by atoms with Crippen LogP contribution in [0.5, 0.6) is 0 Å². The van der Waals surface area contributed by atoms with Crippen molar-refractivity contribution in [2.24, 2.45) is 0 Å². The minimum Gasteiger partial charge on any atom is -0.375 e. The molecule has 5 nitrogen and oxygen atoms in total. The Hall–Kier alpha value is -1.33. The van der Waals surface area contributed by atoms with Gasteiger partial charge in [-0.3, -0.25) is 4.79 Å². The van der Waals surface area contributed by atoms with E-state index in [1.54, 1.807) is 11.0 Å². The number of pyridine rings is 1. The van der Waals surface area contributed by atoms with Crippen molar-refractivity contribution in [2.45, 2.75) is 20.0 Å². The first kappa shape index (κ1) is 14.1. The highest BCUT2D eigenvalue weighted by Crippen LogP contribution is 2.21. The van der Waals surface area contributed by atoms with Gasteiger partial charge < -0.3 is 15.0 Å². The van der Waals surface area contributed by atoms with Gasteiger partial charge in [-0.1, -0.05) is 11.6 Å². The maximum Gasteiger partial charge on any atom is 0.255 e. The largest absolute Gasteiger partial charge is 0.375 e. The average Bonchev–Trinajstić information content (AvgIpc) is 2.40. The molecular weight excluding hydrogens is 266 g/mol. The summed E-state index contributed by atoms with van der Waals surface area (Å²) in [7, 11) is 0. The molecule has 1 aromatic rings. The highest BCUT2D eigenvalue weighted by atomic mass is 35.5. The van der Waals surface area contributed by atoms with Crippen molar-refractivity contribution in [2.75, 3.05) is 31.6 Å². The van der Waals surface area contributed by atoms with Gasteiger partial charge in [0.05, 0.1) is 23.3 Å². The summed E-state index contributed by atoms with van der Waals surface area (Å²) in [4.78, 5) is 18.4. The quantitative estimate of drug-likeness (QED) is 0.922. The molecule has 1 aliphatic rings. The zero-order valence-electron chi connectivity index (χ0n) is 11.1. The molecule has 0 radical (unpaired) electrons. The van der Waals surface area contributed by atoms with Crippen molar-refractivity contribution in [1.82, 2.24) is 9.88 Å². The third kappa shape index (κ3) is 3.36. The van der Waals surface area contributed by atoms with Gasteiger partial charge in [-0.15, -0.1) is 0 Å². The molecule has 1 amide bonds. The van der Waals surface area contributed by atoms with Crippen LogP contribution >= 0.6 is 11.6 Å². The summed E-state index contributed by atoms with van der Waals surface area (Å²) in [6, 6.07) is 1.70. The number of ether oxygens (including phenoxy) is 1. The van der Waals surface area contributed by atoms with Crippen molar-refractivity contribution >= 4 is 23.3 Å². The fourth-order valence-corrected chi connectivity index (χ4v) is 2.24.